The van der Waals surface area contributed by atoms with Crippen molar-refractivity contribution in [2.75, 3.05) is 24.2 Å². The van der Waals surface area contributed by atoms with Crippen LogP contribution in [0.5, 0.6) is 0 Å². The van der Waals surface area contributed by atoms with E-state index in [1.54, 1.807) is 11.3 Å². The van der Waals surface area contributed by atoms with Gasteiger partial charge in [0.2, 0.25) is 0 Å². The summed E-state index contributed by atoms with van der Waals surface area (Å²) in [7, 11) is 0. The number of thioether (sulfide) groups is 1. The van der Waals surface area contributed by atoms with Crippen molar-refractivity contribution in [3.05, 3.63) is 23.2 Å². The monoisotopic (exact) mass is 379 g/mol. The zero-order valence-corrected chi connectivity index (χ0v) is 15.4. The number of nitrogens with zero attached hydrogens (tertiary/aromatic N) is 2. The van der Waals surface area contributed by atoms with Gasteiger partial charge in [0.05, 0.1) is 10.2 Å². The molecule has 0 radical (unpaired) electrons. The van der Waals surface area contributed by atoms with Crippen molar-refractivity contribution in [2.45, 2.75) is 31.7 Å². The second-order valence-corrected chi connectivity index (χ2v) is 7.90. The highest BCUT2D eigenvalue weighted by Crippen LogP contribution is 2.31. The molecule has 0 amide bonds. The Morgan fingerprint density at radius 3 is 2.88 bits per heavy atom. The Morgan fingerprint density at radius 1 is 1.28 bits per heavy atom. The molecule has 1 aliphatic heterocycles. The molecule has 1 aromatic heterocycles. The van der Waals surface area contributed by atoms with Crippen molar-refractivity contribution in [2.24, 2.45) is 4.99 Å². The van der Waals surface area contributed by atoms with Crippen LogP contribution in [0.25, 0.3) is 10.2 Å². The molecular formula is C17H21N3O3S2. The van der Waals surface area contributed by atoms with Crippen LogP contribution >= 0.6 is 23.1 Å². The molecule has 8 heteroatoms. The fraction of sp³-hybridized carbons (Fsp3) is 0.471. The number of fused-ring (bicyclic) bond motifs is 1. The molecule has 0 aliphatic carbocycles. The molecule has 2 heterocycles. The van der Waals surface area contributed by atoms with Gasteiger partial charge in [-0.1, -0.05) is 12.8 Å². The van der Waals surface area contributed by atoms with Crippen LogP contribution in [0.2, 0.25) is 0 Å². The van der Waals surface area contributed by atoms with Gasteiger partial charge in [0.1, 0.15) is 10.1 Å². The average Bonchev–Trinajstić information content (AvgIpc) is 3.24. The maximum absolute atomic E-state index is 11.0. The first kappa shape index (κ1) is 18.2. The number of aromatic nitrogens is 1. The predicted octanol–water partition coefficient (Wildman–Crippen LogP) is 3.21. The number of aliphatic carboxylic acids is 1. The van der Waals surface area contributed by atoms with E-state index in [4.69, 9.17) is 10.2 Å². The molecule has 1 aromatic carbocycles. The highest BCUT2D eigenvalue weighted by atomic mass is 32.2. The minimum Gasteiger partial charge on any atom is -0.480 e. The van der Waals surface area contributed by atoms with Crippen molar-refractivity contribution < 1.29 is 15.0 Å². The Kier molecular flexibility index (Phi) is 6.28. The second-order valence-electron chi connectivity index (χ2n) is 5.87. The summed E-state index contributed by atoms with van der Waals surface area (Å²) >= 11 is 3.01. The number of carboxylic acid groups (broad SMARTS) is 1. The van der Waals surface area contributed by atoms with E-state index in [-0.39, 0.29) is 6.61 Å². The van der Waals surface area contributed by atoms with E-state index < -0.39 is 12.0 Å². The molecular weight excluding hydrogens is 358 g/mol. The van der Waals surface area contributed by atoms with Crippen molar-refractivity contribution >= 4 is 50.0 Å². The summed E-state index contributed by atoms with van der Waals surface area (Å²) in [5, 5.41) is 22.8. The Bertz CT molecular complexity index is 776. The van der Waals surface area contributed by atoms with E-state index >= 15 is 0 Å². The Hall–Kier alpha value is -1.64. The molecule has 134 valence electrons. The van der Waals surface area contributed by atoms with E-state index in [0.29, 0.717) is 5.75 Å². The summed E-state index contributed by atoms with van der Waals surface area (Å²) in [6.07, 6.45) is 4.13. The van der Waals surface area contributed by atoms with E-state index in [9.17, 15) is 4.79 Å². The minimum absolute atomic E-state index is 0.272. The highest BCUT2D eigenvalue weighted by molar-refractivity contribution is 8.15. The highest BCUT2D eigenvalue weighted by Gasteiger charge is 2.26. The summed E-state index contributed by atoms with van der Waals surface area (Å²) in [4.78, 5) is 19.9. The summed E-state index contributed by atoms with van der Waals surface area (Å²) in [6, 6.07) is 5.43. The zero-order valence-electron chi connectivity index (χ0n) is 13.8. The third-order valence-electron chi connectivity index (χ3n) is 3.92. The quantitative estimate of drug-likeness (QED) is 0.579. The maximum Gasteiger partial charge on any atom is 0.329 e. The summed E-state index contributed by atoms with van der Waals surface area (Å²) in [6.45, 7) is 1.18. The first-order valence-corrected chi connectivity index (χ1v) is 10.2. The molecule has 0 fully saturated rings. The third-order valence-corrected chi connectivity index (χ3v) is 6.13. The molecule has 25 heavy (non-hydrogen) atoms. The smallest absolute Gasteiger partial charge is 0.329 e. The van der Waals surface area contributed by atoms with Crippen LogP contribution in [-0.4, -0.2) is 51.2 Å². The van der Waals surface area contributed by atoms with Crippen LogP contribution in [0.15, 0.2) is 23.2 Å². The standard InChI is InChI=1S/C17H21N3O3S2/c21-8-4-2-1-3-7-18-11-5-6-12-14(9-11)25-16(19-12)15-20-13(10-24-15)17(22)23/h5-6,9,13,18,21H,1-4,7-8,10H2,(H,22,23)/t13-/m1/s1. The summed E-state index contributed by atoms with van der Waals surface area (Å²) in [5.74, 6) is -0.405. The van der Waals surface area contributed by atoms with Crippen LogP contribution < -0.4 is 5.32 Å². The molecule has 1 atom stereocenters. The number of carboxylic acids is 1. The maximum atomic E-state index is 11.0. The Balaban J connectivity index is 1.62. The van der Waals surface area contributed by atoms with E-state index in [2.05, 4.69) is 21.4 Å². The van der Waals surface area contributed by atoms with Crippen molar-refractivity contribution in [3.63, 3.8) is 0 Å². The number of hydrogen-bond acceptors (Lipinski definition) is 7. The molecule has 3 rings (SSSR count). The lowest BCUT2D eigenvalue weighted by Gasteiger charge is -2.05. The van der Waals surface area contributed by atoms with Gasteiger partial charge in [-0.3, -0.25) is 4.99 Å². The molecule has 0 saturated heterocycles. The number of anilines is 1. The van der Waals surface area contributed by atoms with Gasteiger partial charge in [0.15, 0.2) is 6.04 Å². The van der Waals surface area contributed by atoms with Crippen molar-refractivity contribution in [3.8, 4) is 0 Å². The first-order chi connectivity index (χ1) is 12.2. The summed E-state index contributed by atoms with van der Waals surface area (Å²) < 4.78 is 1.07. The van der Waals surface area contributed by atoms with Crippen LogP contribution in [0.1, 0.15) is 30.7 Å². The molecule has 1 aliphatic rings. The summed E-state index contributed by atoms with van der Waals surface area (Å²) in [5.41, 5.74) is 1.98. The average molecular weight is 380 g/mol. The molecule has 2 aromatic rings. The molecule has 0 saturated carbocycles. The fourth-order valence-corrected chi connectivity index (χ4v) is 4.67. The van der Waals surface area contributed by atoms with Gasteiger partial charge in [0.25, 0.3) is 0 Å². The molecule has 0 spiro atoms. The van der Waals surface area contributed by atoms with Gasteiger partial charge in [-0.25, -0.2) is 9.78 Å². The van der Waals surface area contributed by atoms with E-state index in [1.807, 2.05) is 12.1 Å². The number of hydrogen-bond donors (Lipinski definition) is 3. The number of benzene rings is 1. The van der Waals surface area contributed by atoms with Crippen molar-refractivity contribution in [1.82, 2.24) is 4.98 Å². The number of rotatable bonds is 9. The Morgan fingerprint density at radius 2 is 2.12 bits per heavy atom. The number of aliphatic imine (C=N–C) groups is 1. The molecule has 0 bridgehead atoms. The van der Waals surface area contributed by atoms with Gasteiger partial charge in [-0.2, -0.15) is 0 Å². The van der Waals surface area contributed by atoms with Crippen LogP contribution in [0, 0.1) is 0 Å². The van der Waals surface area contributed by atoms with Crippen LogP contribution in [-0.2, 0) is 4.79 Å². The molecule has 0 unspecified atom stereocenters. The molecule has 6 nitrogen and oxygen atoms in total. The normalized spacial score (nSPS) is 17.0. The number of thiazole rings is 1. The molecule has 3 N–H and O–H groups in total. The number of nitrogens with one attached hydrogen (secondary N) is 1. The lowest BCUT2D eigenvalue weighted by molar-refractivity contribution is -0.137. The van der Waals surface area contributed by atoms with Crippen molar-refractivity contribution in [1.29, 1.82) is 0 Å². The van der Waals surface area contributed by atoms with E-state index in [0.717, 1.165) is 58.2 Å². The number of carbonyl (C=O) groups is 1. The lowest BCUT2D eigenvalue weighted by atomic mass is 10.2. The van der Waals surface area contributed by atoms with Gasteiger partial charge in [-0.15, -0.1) is 23.1 Å². The number of unbranched alkanes of at least 4 members (excludes halogenated alkanes) is 3. The third kappa shape index (κ3) is 4.71. The minimum atomic E-state index is -0.880. The topological polar surface area (TPSA) is 94.8 Å². The zero-order chi connectivity index (χ0) is 17.6. The van der Waals surface area contributed by atoms with Gasteiger partial charge in [-0.05, 0) is 31.0 Å². The first-order valence-electron chi connectivity index (χ1n) is 8.36. The van der Waals surface area contributed by atoms with Gasteiger partial charge in [0, 0.05) is 24.6 Å². The van der Waals surface area contributed by atoms with Gasteiger partial charge < -0.3 is 15.5 Å². The second kappa shape index (κ2) is 8.64. The number of aliphatic hydroxyl groups excluding tert-OH is 1. The predicted molar refractivity (Wildman–Crippen MR) is 104 cm³/mol. The number of aliphatic hydroxyl groups is 1. The van der Waals surface area contributed by atoms with E-state index in [1.165, 1.54) is 11.8 Å². The van der Waals surface area contributed by atoms with Crippen LogP contribution in [0.4, 0.5) is 5.69 Å². The Labute approximate surface area is 154 Å². The largest absolute Gasteiger partial charge is 0.480 e. The lowest BCUT2D eigenvalue weighted by Crippen LogP contribution is -2.17. The van der Waals surface area contributed by atoms with Gasteiger partial charge >= 0.3 is 5.97 Å². The SMILES string of the molecule is O=C(O)[C@H]1CSC(c2nc3ccc(NCCCCCCO)cc3s2)=N1. The fourth-order valence-electron chi connectivity index (χ4n) is 2.57. The van der Waals surface area contributed by atoms with Crippen LogP contribution in [0.3, 0.4) is 0 Å².